The van der Waals surface area contributed by atoms with Crippen LogP contribution in [0.15, 0.2) is 36.4 Å². The number of nitrogens with zero attached hydrogens (tertiary/aromatic N) is 1. The largest absolute Gasteiger partial charge is 0.484 e. The summed E-state index contributed by atoms with van der Waals surface area (Å²) < 4.78 is 31.4. The zero-order chi connectivity index (χ0) is 15.4. The summed E-state index contributed by atoms with van der Waals surface area (Å²) in [5.74, 6) is -2.28. The number of benzene rings is 2. The highest BCUT2D eigenvalue weighted by Crippen LogP contribution is 2.25. The van der Waals surface area contributed by atoms with Crippen LogP contribution in [0.25, 0.3) is 0 Å². The van der Waals surface area contributed by atoms with Gasteiger partial charge in [-0.2, -0.15) is 5.26 Å². The average molecular weight is 308 g/mol. The first-order chi connectivity index (χ1) is 10.0. The van der Waals surface area contributed by atoms with E-state index in [4.69, 9.17) is 21.6 Å². The van der Waals surface area contributed by atoms with Crippen molar-refractivity contribution in [3.63, 3.8) is 0 Å². The second kappa shape index (κ2) is 6.33. The molecule has 0 aromatic heterocycles. The molecule has 0 aliphatic rings. The van der Waals surface area contributed by atoms with E-state index >= 15 is 0 Å². The van der Waals surface area contributed by atoms with E-state index in [9.17, 15) is 13.6 Å². The van der Waals surface area contributed by atoms with Crippen molar-refractivity contribution in [2.45, 2.75) is 0 Å². The average Bonchev–Trinajstić information content (AvgIpc) is 2.44. The third kappa shape index (κ3) is 3.36. The van der Waals surface area contributed by atoms with Crippen LogP contribution in [-0.2, 0) is 0 Å². The molecule has 0 heterocycles. The maximum absolute atomic E-state index is 13.4. The van der Waals surface area contributed by atoms with Gasteiger partial charge in [-0.1, -0.05) is 17.7 Å². The quantitative estimate of drug-likeness (QED) is 0.808. The van der Waals surface area contributed by atoms with Crippen LogP contribution in [0, 0.1) is 23.0 Å². The van der Waals surface area contributed by atoms with Gasteiger partial charge < -0.3 is 4.74 Å². The number of carbonyl (C=O) groups excluding carboxylic acids is 1. The molecule has 21 heavy (non-hydrogen) atoms. The van der Waals surface area contributed by atoms with Gasteiger partial charge in [-0.05, 0) is 24.3 Å². The van der Waals surface area contributed by atoms with E-state index < -0.39 is 24.0 Å². The third-order valence-electron chi connectivity index (χ3n) is 2.68. The lowest BCUT2D eigenvalue weighted by molar-refractivity contribution is 0.0917. The van der Waals surface area contributed by atoms with E-state index in [0.29, 0.717) is 6.07 Å². The molecule has 3 nitrogen and oxygen atoms in total. The molecule has 0 saturated carbocycles. The molecule has 0 bridgehead atoms. The van der Waals surface area contributed by atoms with Crippen molar-refractivity contribution in [1.29, 1.82) is 5.26 Å². The molecule has 2 aromatic rings. The Morgan fingerprint density at radius 1 is 1.29 bits per heavy atom. The molecular formula is C15H8ClF2NO2. The Morgan fingerprint density at radius 3 is 2.71 bits per heavy atom. The van der Waals surface area contributed by atoms with Gasteiger partial charge in [0.2, 0.25) is 5.78 Å². The molecule has 0 aliphatic carbocycles. The summed E-state index contributed by atoms with van der Waals surface area (Å²) >= 11 is 5.82. The van der Waals surface area contributed by atoms with Gasteiger partial charge in [0.15, 0.2) is 6.61 Å². The Morgan fingerprint density at radius 2 is 2.05 bits per heavy atom. The molecule has 0 unspecified atom stereocenters. The Bertz CT molecular complexity index is 741. The molecule has 2 rings (SSSR count). The number of ether oxygens (including phenoxy) is 1. The summed E-state index contributed by atoms with van der Waals surface area (Å²) in [4.78, 5) is 11.8. The highest BCUT2D eigenvalue weighted by atomic mass is 35.5. The topological polar surface area (TPSA) is 50.1 Å². The van der Waals surface area contributed by atoms with Gasteiger partial charge in [0.25, 0.3) is 0 Å². The van der Waals surface area contributed by atoms with Crippen LogP contribution in [0.3, 0.4) is 0 Å². The van der Waals surface area contributed by atoms with Gasteiger partial charge in [0.05, 0.1) is 10.6 Å². The lowest BCUT2D eigenvalue weighted by Gasteiger charge is -2.08. The summed E-state index contributed by atoms with van der Waals surface area (Å²) in [7, 11) is 0. The molecule has 0 radical (unpaired) electrons. The van der Waals surface area contributed by atoms with Crippen molar-refractivity contribution in [3.8, 4) is 11.8 Å². The summed E-state index contributed by atoms with van der Waals surface area (Å²) in [6.45, 7) is -0.489. The predicted molar refractivity (Wildman–Crippen MR) is 72.4 cm³/mol. The number of hydrogen-bond acceptors (Lipinski definition) is 3. The van der Waals surface area contributed by atoms with Gasteiger partial charge >= 0.3 is 0 Å². The lowest BCUT2D eigenvalue weighted by atomic mass is 10.1. The molecule has 0 amide bonds. The summed E-state index contributed by atoms with van der Waals surface area (Å²) in [5, 5.41) is 9.15. The second-order valence-electron chi connectivity index (χ2n) is 4.06. The second-order valence-corrected chi connectivity index (χ2v) is 4.47. The molecule has 0 aliphatic heterocycles. The minimum absolute atomic E-state index is 0.0894. The van der Waals surface area contributed by atoms with Crippen LogP contribution in [0.4, 0.5) is 8.78 Å². The summed E-state index contributed by atoms with van der Waals surface area (Å²) in [5.41, 5.74) is -0.191. The summed E-state index contributed by atoms with van der Waals surface area (Å²) in [6.07, 6.45) is 0. The molecule has 0 saturated heterocycles. The number of Topliss-reactive ketones (excluding diaryl/α,β-unsaturated/α-hetero) is 1. The zero-order valence-corrected chi connectivity index (χ0v) is 11.3. The number of rotatable bonds is 4. The van der Waals surface area contributed by atoms with E-state index in [0.717, 1.165) is 12.1 Å². The highest BCUT2D eigenvalue weighted by molar-refractivity contribution is 6.31. The Kier molecular flexibility index (Phi) is 4.51. The maximum atomic E-state index is 13.4. The van der Waals surface area contributed by atoms with Gasteiger partial charge in [0, 0.05) is 6.07 Å². The fourth-order valence-electron chi connectivity index (χ4n) is 1.67. The first kappa shape index (κ1) is 14.9. The number of halogens is 3. The highest BCUT2D eigenvalue weighted by Gasteiger charge is 2.15. The normalized spacial score (nSPS) is 10.0. The predicted octanol–water partition coefficient (Wildman–Crippen LogP) is 3.75. The maximum Gasteiger partial charge on any atom is 0.203 e. The fraction of sp³-hybridized carbons (Fsp3) is 0.0667. The first-order valence-electron chi connectivity index (χ1n) is 5.82. The van der Waals surface area contributed by atoms with Crippen LogP contribution in [0.2, 0.25) is 5.02 Å². The molecular weight excluding hydrogens is 300 g/mol. The van der Waals surface area contributed by atoms with Gasteiger partial charge in [-0.25, -0.2) is 8.78 Å². The smallest absolute Gasteiger partial charge is 0.203 e. The van der Waals surface area contributed by atoms with Crippen LogP contribution in [0.1, 0.15) is 15.9 Å². The van der Waals surface area contributed by atoms with Crippen LogP contribution in [0.5, 0.6) is 5.75 Å². The van der Waals surface area contributed by atoms with Crippen molar-refractivity contribution in [3.05, 3.63) is 64.2 Å². The van der Waals surface area contributed by atoms with E-state index in [1.165, 1.54) is 12.1 Å². The standard InChI is InChI=1S/C15H8ClF2NO2/c16-12-2-1-3-15(11(12)7-19)21-8-14(20)10-5-4-9(17)6-13(10)18/h1-6H,8H2. The van der Waals surface area contributed by atoms with Crippen molar-refractivity contribution in [2.24, 2.45) is 0 Å². The van der Waals surface area contributed by atoms with E-state index in [-0.39, 0.29) is 21.9 Å². The first-order valence-corrected chi connectivity index (χ1v) is 6.20. The van der Waals surface area contributed by atoms with Gasteiger partial charge in [0.1, 0.15) is 29.0 Å². The van der Waals surface area contributed by atoms with Crippen LogP contribution < -0.4 is 4.74 Å². The van der Waals surface area contributed by atoms with E-state index in [1.54, 1.807) is 6.07 Å². The molecule has 0 spiro atoms. The molecule has 0 N–H and O–H groups in total. The van der Waals surface area contributed by atoms with Crippen molar-refractivity contribution in [2.75, 3.05) is 6.61 Å². The monoisotopic (exact) mass is 307 g/mol. The third-order valence-corrected chi connectivity index (χ3v) is 2.99. The number of carbonyl (C=O) groups is 1. The Balaban J connectivity index is 2.15. The van der Waals surface area contributed by atoms with Gasteiger partial charge in [-0.15, -0.1) is 0 Å². The molecule has 0 fully saturated rings. The van der Waals surface area contributed by atoms with Crippen LogP contribution in [-0.4, -0.2) is 12.4 Å². The van der Waals surface area contributed by atoms with Crippen molar-refractivity contribution < 1.29 is 18.3 Å². The number of nitriles is 1. The molecule has 0 atom stereocenters. The van der Waals surface area contributed by atoms with Gasteiger partial charge in [-0.3, -0.25) is 4.79 Å². The Hall–Kier alpha value is -2.45. The minimum Gasteiger partial charge on any atom is -0.484 e. The van der Waals surface area contributed by atoms with Crippen LogP contribution >= 0.6 is 11.6 Å². The Labute approximate surface area is 124 Å². The van der Waals surface area contributed by atoms with Crippen molar-refractivity contribution in [1.82, 2.24) is 0 Å². The molecule has 2 aromatic carbocycles. The minimum atomic E-state index is -0.963. The fourth-order valence-corrected chi connectivity index (χ4v) is 1.88. The summed E-state index contributed by atoms with van der Waals surface area (Å²) in [6, 6.07) is 9.03. The number of ketones is 1. The number of hydrogen-bond donors (Lipinski definition) is 0. The lowest BCUT2D eigenvalue weighted by Crippen LogP contribution is -2.14. The zero-order valence-electron chi connectivity index (χ0n) is 10.6. The van der Waals surface area contributed by atoms with Crippen molar-refractivity contribution >= 4 is 17.4 Å². The SMILES string of the molecule is N#Cc1c(Cl)cccc1OCC(=O)c1ccc(F)cc1F. The molecule has 106 valence electrons. The van der Waals surface area contributed by atoms with E-state index in [1.807, 2.05) is 6.07 Å². The van der Waals surface area contributed by atoms with E-state index in [2.05, 4.69) is 0 Å². The molecule has 6 heteroatoms.